The van der Waals surface area contributed by atoms with Gasteiger partial charge in [0.2, 0.25) is 10.0 Å². The molecule has 2 rings (SSSR count). The van der Waals surface area contributed by atoms with Crippen molar-refractivity contribution in [2.24, 2.45) is 0 Å². The predicted molar refractivity (Wildman–Crippen MR) is 101 cm³/mol. The number of nitrogens with one attached hydrogen (secondary N) is 1. The normalized spacial score (nSPS) is 11.3. The molecule has 0 radical (unpaired) electrons. The number of methoxy groups -OCH3 is 1. The quantitative estimate of drug-likeness (QED) is 0.584. The molecule has 7 nitrogen and oxygen atoms in total. The lowest BCUT2D eigenvalue weighted by molar-refractivity contribution is -0.0512. The lowest BCUT2D eigenvalue weighted by atomic mass is 10.1. The Morgan fingerprint density at radius 2 is 1.79 bits per heavy atom. The summed E-state index contributed by atoms with van der Waals surface area (Å²) in [6.07, 6.45) is 0.297. The summed E-state index contributed by atoms with van der Waals surface area (Å²) in [7, 11) is -2.46. The first-order valence-electron chi connectivity index (χ1n) is 8.65. The first kappa shape index (κ1) is 22.6. The van der Waals surface area contributed by atoms with Gasteiger partial charge in [0, 0.05) is 6.54 Å². The van der Waals surface area contributed by atoms with Crippen LogP contribution in [-0.4, -0.2) is 41.3 Å². The van der Waals surface area contributed by atoms with Crippen molar-refractivity contribution in [1.82, 2.24) is 4.72 Å². The number of carbonyl (C=O) groups is 1. The number of rotatable bonds is 10. The van der Waals surface area contributed by atoms with Gasteiger partial charge < -0.3 is 14.2 Å². The number of halogens is 2. The first-order valence-corrected chi connectivity index (χ1v) is 10.1. The molecule has 0 saturated heterocycles. The van der Waals surface area contributed by atoms with E-state index in [1.165, 1.54) is 43.5 Å². The molecular formula is C19H21F2NO6S. The minimum absolute atomic E-state index is 0.00353. The van der Waals surface area contributed by atoms with Gasteiger partial charge in [-0.15, -0.1) is 0 Å². The fourth-order valence-corrected chi connectivity index (χ4v) is 3.49. The van der Waals surface area contributed by atoms with Crippen LogP contribution < -0.4 is 14.2 Å². The Morgan fingerprint density at radius 3 is 2.38 bits per heavy atom. The number of alkyl halides is 2. The van der Waals surface area contributed by atoms with Crippen LogP contribution in [0.15, 0.2) is 47.4 Å². The van der Waals surface area contributed by atoms with E-state index in [2.05, 4.69) is 9.46 Å². The minimum atomic E-state index is -3.78. The van der Waals surface area contributed by atoms with Gasteiger partial charge >= 0.3 is 12.6 Å². The Balaban J connectivity index is 1.99. The van der Waals surface area contributed by atoms with Crippen molar-refractivity contribution in [2.45, 2.75) is 24.9 Å². The Labute approximate surface area is 167 Å². The molecule has 0 aromatic heterocycles. The number of carbonyl (C=O) groups excluding carboxylic acids is 1. The fourth-order valence-electron chi connectivity index (χ4n) is 2.46. The van der Waals surface area contributed by atoms with Crippen LogP contribution in [0, 0.1) is 0 Å². The van der Waals surface area contributed by atoms with E-state index >= 15 is 0 Å². The van der Waals surface area contributed by atoms with Crippen molar-refractivity contribution in [3.63, 3.8) is 0 Å². The molecule has 0 aliphatic rings. The molecule has 0 spiro atoms. The first-order chi connectivity index (χ1) is 13.8. The molecule has 0 saturated carbocycles. The van der Waals surface area contributed by atoms with Crippen molar-refractivity contribution in [3.05, 3.63) is 53.6 Å². The van der Waals surface area contributed by atoms with E-state index in [-0.39, 0.29) is 35.1 Å². The molecule has 0 amide bonds. The Morgan fingerprint density at radius 1 is 1.10 bits per heavy atom. The number of benzene rings is 2. The van der Waals surface area contributed by atoms with Crippen LogP contribution in [0.5, 0.6) is 11.5 Å². The molecule has 158 valence electrons. The highest BCUT2D eigenvalue weighted by Gasteiger charge is 2.16. The molecular weight excluding hydrogens is 408 g/mol. The number of ether oxygens (including phenoxy) is 3. The Kier molecular flexibility index (Phi) is 7.91. The average molecular weight is 429 g/mol. The van der Waals surface area contributed by atoms with E-state index in [0.29, 0.717) is 12.0 Å². The average Bonchev–Trinajstić information content (AvgIpc) is 2.68. The molecule has 10 heteroatoms. The maximum absolute atomic E-state index is 12.4. The Hall–Kier alpha value is -2.72. The van der Waals surface area contributed by atoms with Crippen LogP contribution in [0.4, 0.5) is 8.78 Å². The van der Waals surface area contributed by atoms with Gasteiger partial charge in [-0.3, -0.25) is 0 Å². The van der Waals surface area contributed by atoms with E-state index in [9.17, 15) is 22.0 Å². The minimum Gasteiger partial charge on any atom is -0.493 e. The standard InChI is InChI=1S/C19H21F2NO6S/c1-3-27-18(23)14-5-7-15(8-6-14)29(24,25)22-11-10-13-4-9-16(28-19(20)21)17(12-13)26-2/h4-9,12,19,22H,3,10-11H2,1-2H3. The van der Waals surface area contributed by atoms with Gasteiger partial charge in [-0.25, -0.2) is 17.9 Å². The lowest BCUT2D eigenvalue weighted by Crippen LogP contribution is -2.26. The van der Waals surface area contributed by atoms with Gasteiger partial charge in [0.1, 0.15) is 0 Å². The van der Waals surface area contributed by atoms with Crippen LogP contribution in [0.1, 0.15) is 22.8 Å². The van der Waals surface area contributed by atoms with Crippen LogP contribution in [0.2, 0.25) is 0 Å². The van der Waals surface area contributed by atoms with Crippen molar-refractivity contribution in [2.75, 3.05) is 20.3 Å². The van der Waals surface area contributed by atoms with Gasteiger partial charge in [-0.2, -0.15) is 8.78 Å². The molecule has 1 N–H and O–H groups in total. The van der Waals surface area contributed by atoms with Crippen molar-refractivity contribution in [3.8, 4) is 11.5 Å². The second-order valence-corrected chi connectivity index (χ2v) is 7.52. The number of sulfonamides is 1. The monoisotopic (exact) mass is 429 g/mol. The van der Waals surface area contributed by atoms with Gasteiger partial charge in [0.05, 0.1) is 24.2 Å². The molecule has 0 aliphatic carbocycles. The summed E-state index contributed by atoms with van der Waals surface area (Å²) in [5.41, 5.74) is 0.924. The number of hydrogen-bond acceptors (Lipinski definition) is 6. The number of esters is 1. The molecule has 0 atom stereocenters. The third-order valence-electron chi connectivity index (χ3n) is 3.83. The highest BCUT2D eigenvalue weighted by atomic mass is 32.2. The van der Waals surface area contributed by atoms with Crippen LogP contribution in [0.3, 0.4) is 0 Å². The van der Waals surface area contributed by atoms with Crippen LogP contribution >= 0.6 is 0 Å². The summed E-state index contributed by atoms with van der Waals surface area (Å²) in [6.45, 7) is -1.01. The SMILES string of the molecule is CCOC(=O)c1ccc(S(=O)(=O)NCCc2ccc(OC(F)F)c(OC)c2)cc1. The third-order valence-corrected chi connectivity index (χ3v) is 5.30. The van der Waals surface area contributed by atoms with Crippen molar-refractivity contribution >= 4 is 16.0 Å². The highest BCUT2D eigenvalue weighted by molar-refractivity contribution is 7.89. The maximum Gasteiger partial charge on any atom is 0.387 e. The predicted octanol–water partition coefficient (Wildman–Crippen LogP) is 2.99. The van der Waals surface area contributed by atoms with Gasteiger partial charge in [-0.05, 0) is 55.3 Å². The van der Waals surface area contributed by atoms with E-state index in [4.69, 9.17) is 9.47 Å². The van der Waals surface area contributed by atoms with Crippen molar-refractivity contribution in [1.29, 1.82) is 0 Å². The lowest BCUT2D eigenvalue weighted by Gasteiger charge is -2.12. The summed E-state index contributed by atoms with van der Waals surface area (Å²) in [5.74, 6) is -0.508. The second kappa shape index (κ2) is 10.2. The number of hydrogen-bond donors (Lipinski definition) is 1. The molecule has 0 unspecified atom stereocenters. The molecule has 0 aliphatic heterocycles. The van der Waals surface area contributed by atoms with E-state index in [0.717, 1.165) is 0 Å². The van der Waals surface area contributed by atoms with Gasteiger partial charge in [0.25, 0.3) is 0 Å². The second-order valence-electron chi connectivity index (χ2n) is 5.76. The summed E-state index contributed by atoms with van der Waals surface area (Å²) in [5, 5.41) is 0. The molecule has 0 heterocycles. The third kappa shape index (κ3) is 6.40. The highest BCUT2D eigenvalue weighted by Crippen LogP contribution is 2.29. The Bertz CT molecular complexity index is 932. The molecule has 29 heavy (non-hydrogen) atoms. The van der Waals surface area contributed by atoms with Crippen LogP contribution in [0.25, 0.3) is 0 Å². The molecule has 2 aromatic rings. The van der Waals surface area contributed by atoms with Crippen LogP contribution in [-0.2, 0) is 21.2 Å². The van der Waals surface area contributed by atoms with E-state index in [1.807, 2.05) is 0 Å². The molecule has 2 aromatic carbocycles. The molecule has 0 fully saturated rings. The summed E-state index contributed by atoms with van der Waals surface area (Å²) >= 11 is 0. The maximum atomic E-state index is 12.4. The van der Waals surface area contributed by atoms with Crippen molar-refractivity contribution < 1.29 is 36.2 Å². The summed E-state index contributed by atoms with van der Waals surface area (Å²) in [6, 6.07) is 9.76. The zero-order chi connectivity index (χ0) is 21.4. The van der Waals surface area contributed by atoms with E-state index in [1.54, 1.807) is 13.0 Å². The topological polar surface area (TPSA) is 90.9 Å². The van der Waals surface area contributed by atoms with Gasteiger partial charge in [-0.1, -0.05) is 6.07 Å². The van der Waals surface area contributed by atoms with E-state index < -0.39 is 22.6 Å². The zero-order valence-corrected chi connectivity index (χ0v) is 16.7. The largest absolute Gasteiger partial charge is 0.493 e. The summed E-state index contributed by atoms with van der Waals surface area (Å²) < 4.78 is 66.1. The molecule has 0 bridgehead atoms. The fraction of sp³-hybridized carbons (Fsp3) is 0.316. The zero-order valence-electron chi connectivity index (χ0n) is 15.9. The summed E-state index contributed by atoms with van der Waals surface area (Å²) in [4.78, 5) is 11.6. The smallest absolute Gasteiger partial charge is 0.387 e. The van der Waals surface area contributed by atoms with Gasteiger partial charge in [0.15, 0.2) is 11.5 Å².